The molecule has 1 aromatic heterocycles. The third kappa shape index (κ3) is 2.43. The van der Waals surface area contributed by atoms with Crippen LogP contribution in [0.4, 0.5) is 0 Å². The van der Waals surface area contributed by atoms with Crippen molar-refractivity contribution >= 4 is 11.8 Å². The Morgan fingerprint density at radius 3 is 2.40 bits per heavy atom. The van der Waals surface area contributed by atoms with Gasteiger partial charge < -0.3 is 19.3 Å². The number of carbonyl (C=O) groups is 2. The number of piperidine rings is 2. The van der Waals surface area contributed by atoms with Crippen LogP contribution in [0.15, 0.2) is 22.8 Å². The van der Waals surface area contributed by atoms with Crippen LogP contribution < -0.4 is 0 Å². The molecule has 3 heterocycles. The van der Waals surface area contributed by atoms with Crippen LogP contribution in [0.25, 0.3) is 0 Å². The van der Waals surface area contributed by atoms with Gasteiger partial charge in [-0.2, -0.15) is 0 Å². The van der Waals surface area contributed by atoms with E-state index in [4.69, 9.17) is 9.52 Å². The topological polar surface area (TPSA) is 74.0 Å². The van der Waals surface area contributed by atoms with Gasteiger partial charge >= 0.3 is 0 Å². The second-order valence-corrected chi connectivity index (χ2v) is 5.61. The van der Waals surface area contributed by atoms with Crippen LogP contribution in [0, 0.1) is 11.8 Å². The van der Waals surface area contributed by atoms with Crippen molar-refractivity contribution < 1.29 is 19.1 Å². The van der Waals surface area contributed by atoms with Crippen LogP contribution in [0.2, 0.25) is 0 Å². The molecule has 6 nitrogen and oxygen atoms in total. The van der Waals surface area contributed by atoms with Gasteiger partial charge in [0.15, 0.2) is 5.76 Å². The maximum Gasteiger partial charge on any atom is 0.289 e. The number of likely N-dealkylation sites (tertiary alicyclic amines) is 2. The van der Waals surface area contributed by atoms with E-state index in [-0.39, 0.29) is 23.7 Å². The van der Waals surface area contributed by atoms with E-state index in [1.54, 1.807) is 17.0 Å². The Morgan fingerprint density at radius 2 is 1.85 bits per heavy atom. The molecule has 0 radical (unpaired) electrons. The number of nitrogens with zero attached hydrogens (tertiary/aromatic N) is 2. The molecule has 20 heavy (non-hydrogen) atoms. The first kappa shape index (κ1) is 13.2. The van der Waals surface area contributed by atoms with E-state index in [1.165, 1.54) is 6.26 Å². The zero-order valence-electron chi connectivity index (χ0n) is 11.2. The Hall–Kier alpha value is -1.82. The molecule has 0 spiro atoms. The van der Waals surface area contributed by atoms with Gasteiger partial charge in [-0.15, -0.1) is 0 Å². The lowest BCUT2D eigenvalue weighted by molar-refractivity contribution is -0.138. The molecule has 2 atom stereocenters. The molecule has 1 N–H and O–H groups in total. The number of hydrogen-bond acceptors (Lipinski definition) is 4. The number of amides is 2. The second kappa shape index (κ2) is 5.28. The molecule has 6 heteroatoms. The van der Waals surface area contributed by atoms with Gasteiger partial charge in [-0.3, -0.25) is 9.59 Å². The fraction of sp³-hybridized carbons (Fsp3) is 0.571. The Bertz CT molecular complexity index is 485. The molecular weight excluding hydrogens is 260 g/mol. The number of furan rings is 1. The summed E-state index contributed by atoms with van der Waals surface area (Å²) in [5, 5.41) is 8.95. The molecule has 0 saturated carbocycles. The molecule has 2 aliphatic rings. The quantitative estimate of drug-likeness (QED) is 0.838. The first-order valence-electron chi connectivity index (χ1n) is 6.88. The third-order valence-corrected chi connectivity index (χ3v) is 4.09. The van der Waals surface area contributed by atoms with Gasteiger partial charge in [0.05, 0.1) is 6.26 Å². The summed E-state index contributed by atoms with van der Waals surface area (Å²) in [6.07, 6.45) is 2.54. The number of hydrogen-bond donors (Lipinski definition) is 1. The molecule has 1 aromatic rings. The van der Waals surface area contributed by atoms with Crippen LogP contribution in [-0.4, -0.2) is 59.5 Å². The first-order valence-corrected chi connectivity index (χ1v) is 6.88. The number of rotatable bonds is 2. The SMILES string of the molecule is O=C(CO)N1C[C@H]2C[C@@H](C1)CN(C(=O)c1ccco1)C2. The van der Waals surface area contributed by atoms with E-state index >= 15 is 0 Å². The van der Waals surface area contributed by atoms with E-state index in [2.05, 4.69) is 0 Å². The van der Waals surface area contributed by atoms with Crippen LogP contribution >= 0.6 is 0 Å². The Kier molecular flexibility index (Phi) is 3.48. The van der Waals surface area contributed by atoms with Gasteiger partial charge in [-0.25, -0.2) is 0 Å². The minimum Gasteiger partial charge on any atom is -0.459 e. The maximum absolute atomic E-state index is 12.3. The summed E-state index contributed by atoms with van der Waals surface area (Å²) in [4.78, 5) is 27.4. The third-order valence-electron chi connectivity index (χ3n) is 4.09. The predicted octanol–water partition coefficient (Wildman–Crippen LogP) is 0.192. The summed E-state index contributed by atoms with van der Waals surface area (Å²) in [6, 6.07) is 3.38. The summed E-state index contributed by atoms with van der Waals surface area (Å²) in [7, 11) is 0. The molecule has 2 bridgehead atoms. The van der Waals surface area contributed by atoms with Crippen molar-refractivity contribution in [2.24, 2.45) is 11.8 Å². The minimum absolute atomic E-state index is 0.0772. The monoisotopic (exact) mass is 278 g/mol. The van der Waals surface area contributed by atoms with Crippen molar-refractivity contribution in [1.29, 1.82) is 0 Å². The fourth-order valence-electron chi connectivity index (χ4n) is 3.31. The largest absolute Gasteiger partial charge is 0.459 e. The van der Waals surface area contributed by atoms with Crippen LogP contribution in [0.5, 0.6) is 0 Å². The number of aliphatic hydroxyl groups excluding tert-OH is 1. The molecule has 0 unspecified atom stereocenters. The van der Waals surface area contributed by atoms with E-state index in [0.29, 0.717) is 31.9 Å². The average Bonchev–Trinajstić information content (AvgIpc) is 2.98. The molecule has 0 aliphatic carbocycles. The number of fused-ring (bicyclic) bond motifs is 2. The molecule has 2 aliphatic heterocycles. The van der Waals surface area contributed by atoms with Crippen molar-refractivity contribution in [1.82, 2.24) is 9.80 Å². The van der Waals surface area contributed by atoms with Gasteiger partial charge in [0.2, 0.25) is 5.91 Å². The van der Waals surface area contributed by atoms with E-state index in [0.717, 1.165) is 6.42 Å². The maximum atomic E-state index is 12.3. The molecular formula is C14H18N2O4. The molecule has 0 aromatic carbocycles. The molecule has 2 saturated heterocycles. The molecule has 2 amide bonds. The summed E-state index contributed by atoms with van der Waals surface area (Å²) < 4.78 is 5.16. The molecule has 3 rings (SSSR count). The minimum atomic E-state index is -0.436. The van der Waals surface area contributed by atoms with Crippen molar-refractivity contribution in [2.75, 3.05) is 32.8 Å². The summed E-state index contributed by atoms with van der Waals surface area (Å²) in [6.45, 7) is 2.10. The lowest BCUT2D eigenvalue weighted by Gasteiger charge is -2.45. The first-order chi connectivity index (χ1) is 9.67. The average molecular weight is 278 g/mol. The summed E-state index contributed by atoms with van der Waals surface area (Å²) in [5.41, 5.74) is 0. The molecule has 108 valence electrons. The van der Waals surface area contributed by atoms with E-state index in [9.17, 15) is 9.59 Å². The van der Waals surface area contributed by atoms with Gasteiger partial charge in [0.25, 0.3) is 5.91 Å². The van der Waals surface area contributed by atoms with Crippen LogP contribution in [0.3, 0.4) is 0 Å². The van der Waals surface area contributed by atoms with E-state index < -0.39 is 6.61 Å². The molecule has 2 fully saturated rings. The summed E-state index contributed by atoms with van der Waals surface area (Å²) in [5.74, 6) is 0.652. The highest BCUT2D eigenvalue weighted by Crippen LogP contribution is 2.29. The standard InChI is InChI=1S/C14H18N2O4/c17-9-13(18)15-5-10-4-11(6-15)8-16(7-10)14(19)12-2-1-3-20-12/h1-3,10-11,17H,4-9H2/t10-,11+. The van der Waals surface area contributed by atoms with Gasteiger partial charge in [0.1, 0.15) is 6.61 Å². The smallest absolute Gasteiger partial charge is 0.289 e. The number of carbonyl (C=O) groups excluding carboxylic acids is 2. The van der Waals surface area contributed by atoms with Gasteiger partial charge in [0, 0.05) is 26.2 Å². The van der Waals surface area contributed by atoms with Crippen molar-refractivity contribution in [3.63, 3.8) is 0 Å². The van der Waals surface area contributed by atoms with Gasteiger partial charge in [-0.05, 0) is 30.4 Å². The van der Waals surface area contributed by atoms with Crippen molar-refractivity contribution in [3.8, 4) is 0 Å². The zero-order chi connectivity index (χ0) is 14.1. The van der Waals surface area contributed by atoms with E-state index in [1.807, 2.05) is 4.90 Å². The lowest BCUT2D eigenvalue weighted by Crippen LogP contribution is -2.55. The number of aliphatic hydroxyl groups is 1. The van der Waals surface area contributed by atoms with Crippen molar-refractivity contribution in [2.45, 2.75) is 6.42 Å². The van der Waals surface area contributed by atoms with Crippen LogP contribution in [0.1, 0.15) is 17.0 Å². The highest BCUT2D eigenvalue weighted by molar-refractivity contribution is 5.91. The Balaban J connectivity index is 1.67. The fourth-order valence-corrected chi connectivity index (χ4v) is 3.31. The predicted molar refractivity (Wildman–Crippen MR) is 69.9 cm³/mol. The van der Waals surface area contributed by atoms with Crippen molar-refractivity contribution in [3.05, 3.63) is 24.2 Å². The van der Waals surface area contributed by atoms with Crippen LogP contribution in [-0.2, 0) is 4.79 Å². The second-order valence-electron chi connectivity index (χ2n) is 5.61. The summed E-state index contributed by atoms with van der Waals surface area (Å²) >= 11 is 0. The normalized spacial score (nSPS) is 25.6. The zero-order valence-corrected chi connectivity index (χ0v) is 11.2. The highest BCUT2D eigenvalue weighted by Gasteiger charge is 2.37. The Labute approximate surface area is 117 Å². The lowest BCUT2D eigenvalue weighted by atomic mass is 9.84. The Morgan fingerprint density at radius 1 is 1.20 bits per heavy atom. The highest BCUT2D eigenvalue weighted by atomic mass is 16.3. The van der Waals surface area contributed by atoms with Gasteiger partial charge in [-0.1, -0.05) is 0 Å².